The molecule has 1 nitrogen and oxygen atoms in total. The Morgan fingerprint density at radius 3 is 2.27 bits per heavy atom. The van der Waals surface area contributed by atoms with Crippen LogP contribution in [0.4, 0.5) is 8.78 Å². The second-order valence-corrected chi connectivity index (χ2v) is 1.92. The maximum Gasteiger partial charge on any atom is 0.171 e. The molecule has 4 heteroatoms. The summed E-state index contributed by atoms with van der Waals surface area (Å²) in [6.07, 6.45) is 1.31. The molecule has 0 saturated carbocycles. The third-order valence-electron chi connectivity index (χ3n) is 1.04. The van der Waals surface area contributed by atoms with Crippen LogP contribution in [0.2, 0.25) is 0 Å². The Bertz CT molecular complexity index is 207. The Morgan fingerprint density at radius 1 is 1.36 bits per heavy atom. The van der Waals surface area contributed by atoms with Gasteiger partial charge in [0.15, 0.2) is 5.92 Å². The Hall–Kier alpha value is 0.0230. The molecule has 1 rings (SSSR count). The summed E-state index contributed by atoms with van der Waals surface area (Å²) in [5.74, 6) is -3.07. The van der Waals surface area contributed by atoms with Gasteiger partial charge in [0.05, 0.1) is 5.69 Å². The van der Waals surface area contributed by atoms with Crippen LogP contribution in [0.3, 0.4) is 0 Å². The van der Waals surface area contributed by atoms with E-state index in [2.05, 4.69) is 11.9 Å². The summed E-state index contributed by atoms with van der Waals surface area (Å²) in [7, 11) is 0. The molecule has 11 heavy (non-hydrogen) atoms. The van der Waals surface area contributed by atoms with Crippen LogP contribution < -0.4 is 0 Å². The minimum atomic E-state index is -3.07. The van der Waals surface area contributed by atoms with Crippen molar-refractivity contribution >= 4 is 0 Å². The van der Waals surface area contributed by atoms with Gasteiger partial charge >= 0.3 is 0 Å². The quantitative estimate of drug-likeness (QED) is 0.681. The topological polar surface area (TPSA) is 12.9 Å². The van der Waals surface area contributed by atoms with E-state index in [4.69, 9.17) is 0 Å². The molecule has 0 unspecified atom stereocenters. The molecule has 0 aliphatic heterocycles. The van der Waals surface area contributed by atoms with Crippen LogP contribution in [0.15, 0.2) is 24.4 Å². The molecule has 0 aliphatic carbocycles. The predicted molar refractivity (Wildman–Crippen MR) is 33.5 cm³/mol. The van der Waals surface area contributed by atoms with Gasteiger partial charge in [-0.25, -0.2) is 8.78 Å². The number of halogens is 2. The Balaban J connectivity index is 0.000001000. The molecule has 0 bridgehead atoms. The van der Waals surface area contributed by atoms with Crippen molar-refractivity contribution in [3.05, 3.63) is 37.0 Å². The van der Waals surface area contributed by atoms with Gasteiger partial charge in [-0.2, -0.15) is 0 Å². The van der Waals surface area contributed by atoms with E-state index in [1.807, 2.05) is 0 Å². The fourth-order valence-electron chi connectivity index (χ4n) is 0.579. The summed E-state index contributed by atoms with van der Waals surface area (Å²) in [5, 5.41) is 0. The molecular weight excluding hydrogens is 373 g/mol. The summed E-state index contributed by atoms with van der Waals surface area (Å²) in [6.45, 7) is 2.64. The molecule has 0 aromatic carbocycles. The van der Waals surface area contributed by atoms with Gasteiger partial charge in [0.1, 0.15) is 0 Å². The first kappa shape index (κ1) is 11.0. The fourth-order valence-corrected chi connectivity index (χ4v) is 0.579. The number of hydrogen-bond donors (Lipinski definition) is 0. The number of alkyl halides is 2. The van der Waals surface area contributed by atoms with Gasteiger partial charge in [-0.15, -0.1) is 0 Å². The molecular formula is C7H6F2NNp-. The monoisotopic (exact) mass is 378 g/mol. The number of hydrogen-bond acceptors (Lipinski definition) is 1. The zero-order valence-corrected chi connectivity index (χ0v) is 9.39. The maximum atomic E-state index is 12.3. The zero-order chi connectivity index (χ0) is 7.61. The summed E-state index contributed by atoms with van der Waals surface area (Å²) < 4.78 is 24.6. The molecule has 1 heterocycles. The van der Waals surface area contributed by atoms with Gasteiger partial charge in [0.25, 0.3) is 0 Å². The van der Waals surface area contributed by atoms with Gasteiger partial charge in [0.2, 0.25) is 0 Å². The second kappa shape index (κ2) is 4.15. The van der Waals surface area contributed by atoms with E-state index in [0.717, 1.165) is 0 Å². The smallest absolute Gasteiger partial charge is 0.171 e. The first-order valence-electron chi connectivity index (χ1n) is 2.75. The number of rotatable bonds is 1. The van der Waals surface area contributed by atoms with E-state index in [9.17, 15) is 8.78 Å². The molecule has 0 atom stereocenters. The molecule has 59 valence electrons. The summed E-state index contributed by atoms with van der Waals surface area (Å²) in [5.41, 5.74) is -0.296. The summed E-state index contributed by atoms with van der Waals surface area (Å²) >= 11 is 0. The second-order valence-electron chi connectivity index (χ2n) is 1.92. The van der Waals surface area contributed by atoms with Crippen molar-refractivity contribution in [1.82, 2.24) is 4.98 Å². The number of aromatic nitrogens is 1. The van der Waals surface area contributed by atoms with E-state index < -0.39 is 5.92 Å². The van der Waals surface area contributed by atoms with Crippen LogP contribution in [0.5, 0.6) is 0 Å². The minimum absolute atomic E-state index is 0. The third kappa shape index (κ3) is 3.28. The van der Waals surface area contributed by atoms with E-state index in [0.29, 0.717) is 0 Å². The minimum Gasteiger partial charge on any atom is -0.268 e. The SMILES string of the molecule is [CH2-]C(F)(F)c1ccccn1.[Np]. The van der Waals surface area contributed by atoms with Gasteiger partial charge < -0.3 is 0 Å². The van der Waals surface area contributed by atoms with Crippen LogP contribution in [0.25, 0.3) is 0 Å². The molecule has 0 fully saturated rings. The molecule has 1 aromatic rings. The molecule has 1 radical (unpaired) electrons. The van der Waals surface area contributed by atoms with Crippen molar-refractivity contribution in [2.45, 2.75) is 5.92 Å². The molecule has 0 amide bonds. The number of nitrogens with zero attached hydrogens (tertiary/aromatic N) is 1. The normalized spacial score (nSPS) is 10.5. The van der Waals surface area contributed by atoms with Crippen molar-refractivity contribution in [2.75, 3.05) is 0 Å². The van der Waals surface area contributed by atoms with Crippen molar-refractivity contribution in [1.29, 1.82) is 0 Å². The first-order chi connectivity index (χ1) is 4.61. The Kier molecular flexibility index (Phi) is 4.16. The fraction of sp³-hybridized carbons (Fsp3) is 0.143. The van der Waals surface area contributed by atoms with Crippen molar-refractivity contribution in [2.24, 2.45) is 0 Å². The molecule has 1 aromatic heterocycles. The maximum absolute atomic E-state index is 12.3. The van der Waals surface area contributed by atoms with E-state index in [1.54, 1.807) is 6.07 Å². The van der Waals surface area contributed by atoms with E-state index >= 15 is 0 Å². The van der Waals surface area contributed by atoms with Gasteiger partial charge in [0, 0.05) is 36.1 Å². The van der Waals surface area contributed by atoms with Gasteiger partial charge in [-0.3, -0.25) is 11.9 Å². The average Bonchev–Trinajstić information content (AvgIpc) is 1.88. The van der Waals surface area contributed by atoms with Gasteiger partial charge in [-0.1, -0.05) is 6.07 Å². The third-order valence-corrected chi connectivity index (χ3v) is 1.04. The zero-order valence-electron chi connectivity index (χ0n) is 5.67. The summed E-state index contributed by atoms with van der Waals surface area (Å²) in [4.78, 5) is 3.44. The predicted octanol–water partition coefficient (Wildman–Crippen LogP) is 2.01. The van der Waals surface area contributed by atoms with Gasteiger partial charge in [-0.05, 0) is 12.1 Å². The van der Waals surface area contributed by atoms with Crippen LogP contribution in [-0.4, -0.2) is 4.98 Å². The summed E-state index contributed by atoms with van der Waals surface area (Å²) in [6, 6.07) is 4.32. The Labute approximate surface area is 86.5 Å². The molecule has 0 saturated heterocycles. The average molecular weight is 379 g/mol. The first-order valence-corrected chi connectivity index (χ1v) is 2.75. The largest absolute Gasteiger partial charge is 0.268 e. The Morgan fingerprint density at radius 2 is 2.00 bits per heavy atom. The van der Waals surface area contributed by atoms with Crippen LogP contribution >= 0.6 is 0 Å². The van der Waals surface area contributed by atoms with E-state index in [1.165, 1.54) is 18.3 Å². The molecule has 0 spiro atoms. The molecule has 0 N–H and O–H groups in total. The van der Waals surface area contributed by atoms with Crippen molar-refractivity contribution < 1.29 is 38.7 Å². The van der Waals surface area contributed by atoms with Crippen LogP contribution in [0.1, 0.15) is 5.69 Å². The molecule has 0 aliphatic rings. The van der Waals surface area contributed by atoms with Crippen molar-refractivity contribution in [3.8, 4) is 0 Å². The van der Waals surface area contributed by atoms with E-state index in [-0.39, 0.29) is 35.6 Å². The van der Waals surface area contributed by atoms with Crippen LogP contribution in [-0.2, 0) is 5.92 Å². The standard InChI is InChI=1S/C7H6F2N.Np/c1-7(8,9)6-4-2-3-5-10-6;/h2-5H,1H2;/q-1;. The van der Waals surface area contributed by atoms with Crippen LogP contribution in [0, 0.1) is 36.9 Å². The number of pyridine rings is 1. The van der Waals surface area contributed by atoms with Crippen molar-refractivity contribution in [3.63, 3.8) is 0 Å².